The highest BCUT2D eigenvalue weighted by Crippen LogP contribution is 2.29. The number of carbonyl (C=O) groups is 1. The van der Waals surface area contributed by atoms with Crippen LogP contribution >= 0.6 is 0 Å². The van der Waals surface area contributed by atoms with E-state index >= 15 is 0 Å². The molecule has 12 heteroatoms. The number of aliphatic hydroxyl groups is 7. The van der Waals surface area contributed by atoms with Crippen LogP contribution in [0.4, 0.5) is 0 Å². The maximum absolute atomic E-state index is 12.4. The average molecular weight is 605 g/mol. The molecule has 0 aromatic heterocycles. The third-order valence-electron chi connectivity index (χ3n) is 7.64. The lowest BCUT2D eigenvalue weighted by molar-refractivity contribution is -0.376. The molecule has 10 atom stereocenters. The summed E-state index contributed by atoms with van der Waals surface area (Å²) in [4.78, 5) is 12.4. The molecular weight excluding hydrogens is 552 g/mol. The van der Waals surface area contributed by atoms with Gasteiger partial charge in [0, 0.05) is 6.08 Å². The maximum Gasteiger partial charge on any atom is 0.331 e. The molecule has 0 aromatic rings. The normalized spacial score (nSPS) is 33.9. The minimum Gasteiger partial charge on any atom is -0.453 e. The Morgan fingerprint density at radius 1 is 0.667 bits per heavy atom. The van der Waals surface area contributed by atoms with Crippen LogP contribution in [-0.2, 0) is 23.7 Å². The van der Waals surface area contributed by atoms with Crippen molar-refractivity contribution in [2.45, 2.75) is 145 Å². The largest absolute Gasteiger partial charge is 0.453 e. The highest BCUT2D eigenvalue weighted by Gasteiger charge is 2.51. The van der Waals surface area contributed by atoms with E-state index in [1.807, 2.05) is 6.08 Å². The molecule has 2 heterocycles. The van der Waals surface area contributed by atoms with Crippen molar-refractivity contribution in [3.05, 3.63) is 24.3 Å². The van der Waals surface area contributed by atoms with Gasteiger partial charge in [-0.15, -0.1) is 0 Å². The van der Waals surface area contributed by atoms with Crippen LogP contribution in [0.15, 0.2) is 24.3 Å². The Kier molecular flexibility index (Phi) is 17.9. The molecule has 12 nitrogen and oxygen atoms in total. The number of esters is 1. The standard InChI is InChI=1S/C30H52O12/c1-2-3-4-5-6-7-8-9-10-11-12-13-14-15-16-17-22(33)41-28-24(35)21(19-32)40-30(27(28)38)42-29-26(37)25(36)23(34)20(18-31)39-29/h14-17,20-21,23-32,34-38H,2-13,18-19H2,1H3/t20-,21-,23-,24-,25+,26-,27-,28+,29-,30-/m1/s1. The van der Waals surface area contributed by atoms with E-state index in [4.69, 9.17) is 18.9 Å². The Morgan fingerprint density at radius 2 is 1.19 bits per heavy atom. The number of unbranched alkanes of at least 4 members (excludes halogenated alkanes) is 11. The lowest BCUT2D eigenvalue weighted by atomic mass is 9.98. The van der Waals surface area contributed by atoms with Gasteiger partial charge in [0.05, 0.1) is 13.2 Å². The lowest BCUT2D eigenvalue weighted by Crippen LogP contribution is -2.64. The van der Waals surface area contributed by atoms with E-state index in [0.717, 1.165) is 25.3 Å². The molecule has 2 rings (SSSR count). The quantitative estimate of drug-likeness (QED) is 0.0478. The van der Waals surface area contributed by atoms with Crippen LogP contribution in [0.25, 0.3) is 0 Å². The molecule has 244 valence electrons. The van der Waals surface area contributed by atoms with Gasteiger partial charge in [0.15, 0.2) is 18.7 Å². The van der Waals surface area contributed by atoms with Crippen molar-refractivity contribution in [1.29, 1.82) is 0 Å². The van der Waals surface area contributed by atoms with E-state index in [1.54, 1.807) is 6.08 Å². The minimum atomic E-state index is -1.78. The molecule has 0 aliphatic carbocycles. The van der Waals surface area contributed by atoms with Gasteiger partial charge in [-0.25, -0.2) is 4.79 Å². The first-order chi connectivity index (χ1) is 20.2. The SMILES string of the molecule is CCCCCCCCCCCCCC=CC=CC(=O)O[C@@H]1[C@@H](O)[C@@H](O[C@H]2O[C@H](CO)[C@@H](O)[C@H](O)[C@H]2O)O[C@H](CO)[C@H]1O. The summed E-state index contributed by atoms with van der Waals surface area (Å²) in [6, 6.07) is 0. The van der Waals surface area contributed by atoms with Crippen LogP contribution in [0.3, 0.4) is 0 Å². The Bertz CT molecular complexity index is 790. The Balaban J connectivity index is 1.75. The molecule has 42 heavy (non-hydrogen) atoms. The molecule has 0 amide bonds. The molecule has 0 spiro atoms. The summed E-state index contributed by atoms with van der Waals surface area (Å²) in [5.41, 5.74) is 0. The van der Waals surface area contributed by atoms with Crippen molar-refractivity contribution in [3.63, 3.8) is 0 Å². The van der Waals surface area contributed by atoms with Gasteiger partial charge in [0.1, 0.15) is 42.7 Å². The van der Waals surface area contributed by atoms with E-state index in [2.05, 4.69) is 6.92 Å². The molecule has 0 radical (unpaired) electrons. The monoisotopic (exact) mass is 604 g/mol. The van der Waals surface area contributed by atoms with Gasteiger partial charge >= 0.3 is 5.97 Å². The second-order valence-electron chi connectivity index (χ2n) is 11.1. The van der Waals surface area contributed by atoms with E-state index in [-0.39, 0.29) is 0 Å². The summed E-state index contributed by atoms with van der Waals surface area (Å²) in [6.07, 6.45) is 5.13. The number of ether oxygens (including phenoxy) is 4. The van der Waals surface area contributed by atoms with Crippen molar-refractivity contribution in [3.8, 4) is 0 Å². The number of hydrogen-bond acceptors (Lipinski definition) is 12. The molecule has 2 fully saturated rings. The Morgan fingerprint density at radius 3 is 1.76 bits per heavy atom. The first kappa shape index (κ1) is 36.7. The minimum absolute atomic E-state index is 0.697. The summed E-state index contributed by atoms with van der Waals surface area (Å²) in [6.45, 7) is 0.818. The molecular formula is C30H52O12. The zero-order chi connectivity index (χ0) is 30.9. The molecule has 2 aliphatic heterocycles. The summed E-state index contributed by atoms with van der Waals surface area (Å²) in [5, 5.41) is 70.3. The molecule has 0 aromatic carbocycles. The number of allylic oxidation sites excluding steroid dienone is 3. The topological polar surface area (TPSA) is 196 Å². The number of carbonyl (C=O) groups excluding carboxylic acids is 1. The molecule has 0 unspecified atom stereocenters. The van der Waals surface area contributed by atoms with Gasteiger partial charge in [0.25, 0.3) is 0 Å². The molecule has 0 saturated carbocycles. The zero-order valence-electron chi connectivity index (χ0n) is 24.7. The van der Waals surface area contributed by atoms with Gasteiger partial charge in [-0.05, 0) is 12.8 Å². The van der Waals surface area contributed by atoms with Crippen LogP contribution < -0.4 is 0 Å². The summed E-state index contributed by atoms with van der Waals surface area (Å²) in [7, 11) is 0. The number of hydrogen-bond donors (Lipinski definition) is 7. The van der Waals surface area contributed by atoms with E-state index in [1.165, 1.54) is 63.9 Å². The predicted molar refractivity (Wildman–Crippen MR) is 152 cm³/mol. The van der Waals surface area contributed by atoms with E-state index in [9.17, 15) is 40.5 Å². The first-order valence-electron chi connectivity index (χ1n) is 15.4. The highest BCUT2D eigenvalue weighted by atomic mass is 16.8. The molecule has 2 aliphatic rings. The first-order valence-corrected chi connectivity index (χ1v) is 15.4. The van der Waals surface area contributed by atoms with Gasteiger partial charge in [0.2, 0.25) is 0 Å². The van der Waals surface area contributed by atoms with Gasteiger partial charge < -0.3 is 54.7 Å². The molecule has 2 saturated heterocycles. The Labute approximate surface area is 248 Å². The van der Waals surface area contributed by atoms with Crippen molar-refractivity contribution < 1.29 is 59.5 Å². The summed E-state index contributed by atoms with van der Waals surface area (Å²) < 4.78 is 21.3. The smallest absolute Gasteiger partial charge is 0.331 e. The number of rotatable bonds is 19. The second kappa shape index (κ2) is 20.5. The van der Waals surface area contributed by atoms with Crippen LogP contribution in [0.1, 0.15) is 84.0 Å². The van der Waals surface area contributed by atoms with Gasteiger partial charge in [-0.2, -0.15) is 0 Å². The van der Waals surface area contributed by atoms with E-state index < -0.39 is 80.6 Å². The number of aliphatic hydroxyl groups excluding tert-OH is 7. The highest BCUT2D eigenvalue weighted by molar-refractivity contribution is 5.82. The van der Waals surface area contributed by atoms with Gasteiger partial charge in [-0.1, -0.05) is 89.4 Å². The Hall–Kier alpha value is -1.45. The zero-order valence-corrected chi connectivity index (χ0v) is 24.7. The van der Waals surface area contributed by atoms with Crippen LogP contribution in [0.5, 0.6) is 0 Å². The maximum atomic E-state index is 12.4. The average Bonchev–Trinajstić information content (AvgIpc) is 2.98. The van der Waals surface area contributed by atoms with Crippen LogP contribution in [0.2, 0.25) is 0 Å². The fraction of sp³-hybridized carbons (Fsp3) is 0.833. The van der Waals surface area contributed by atoms with Crippen molar-refractivity contribution in [2.24, 2.45) is 0 Å². The van der Waals surface area contributed by atoms with E-state index in [0.29, 0.717) is 0 Å². The predicted octanol–water partition coefficient (Wildman–Crippen LogP) is 0.967. The summed E-state index contributed by atoms with van der Waals surface area (Å²) in [5.74, 6) is -0.859. The van der Waals surface area contributed by atoms with Crippen LogP contribution in [0, 0.1) is 0 Å². The van der Waals surface area contributed by atoms with Crippen molar-refractivity contribution in [1.82, 2.24) is 0 Å². The van der Waals surface area contributed by atoms with Crippen molar-refractivity contribution >= 4 is 5.97 Å². The summed E-state index contributed by atoms with van der Waals surface area (Å²) >= 11 is 0. The lowest BCUT2D eigenvalue weighted by Gasteiger charge is -2.45. The second-order valence-corrected chi connectivity index (χ2v) is 11.1. The van der Waals surface area contributed by atoms with Crippen LogP contribution in [-0.4, -0.2) is 116 Å². The third-order valence-corrected chi connectivity index (χ3v) is 7.64. The third kappa shape index (κ3) is 11.9. The fourth-order valence-corrected chi connectivity index (χ4v) is 5.03. The van der Waals surface area contributed by atoms with Crippen molar-refractivity contribution in [2.75, 3.05) is 13.2 Å². The molecule has 7 N–H and O–H groups in total. The fourth-order valence-electron chi connectivity index (χ4n) is 5.03. The molecule has 0 bridgehead atoms. The van der Waals surface area contributed by atoms with Gasteiger partial charge in [-0.3, -0.25) is 0 Å².